The minimum atomic E-state index is -0.335. The topological polar surface area (TPSA) is 58.6 Å². The van der Waals surface area contributed by atoms with Crippen LogP contribution in [0, 0.1) is 0 Å². The van der Waals surface area contributed by atoms with Crippen molar-refractivity contribution in [3.63, 3.8) is 0 Å². The summed E-state index contributed by atoms with van der Waals surface area (Å²) in [6.45, 7) is 8.46. The van der Waals surface area contributed by atoms with Gasteiger partial charge >= 0.3 is 5.97 Å². The maximum Gasteiger partial charge on any atom is 0.341 e. The van der Waals surface area contributed by atoms with Crippen molar-refractivity contribution in [2.45, 2.75) is 33.7 Å². The average molecular weight is 296 g/mol. The molecule has 0 aliphatic carbocycles. The fraction of sp³-hybridized carbons (Fsp3) is 0.571. The van der Waals surface area contributed by atoms with Crippen LogP contribution in [-0.4, -0.2) is 36.5 Å². The molecule has 0 bridgehead atoms. The van der Waals surface area contributed by atoms with Crippen molar-refractivity contribution in [2.24, 2.45) is 0 Å². The number of fused-ring (bicyclic) bond motifs is 1. The molecule has 0 atom stereocenters. The molecule has 1 aromatic heterocycles. The molecule has 0 radical (unpaired) electrons. The molecule has 1 aliphatic heterocycles. The zero-order valence-electron chi connectivity index (χ0n) is 12.1. The molecule has 2 rings (SSSR count). The van der Waals surface area contributed by atoms with Crippen molar-refractivity contribution < 1.29 is 14.3 Å². The number of anilines is 1. The second kappa shape index (κ2) is 6.37. The van der Waals surface area contributed by atoms with Crippen LogP contribution in [0.2, 0.25) is 0 Å². The van der Waals surface area contributed by atoms with Crippen molar-refractivity contribution >= 4 is 28.2 Å². The van der Waals surface area contributed by atoms with E-state index in [9.17, 15) is 9.59 Å². The highest BCUT2D eigenvalue weighted by Gasteiger charge is 2.28. The van der Waals surface area contributed by atoms with E-state index in [4.69, 9.17) is 4.74 Å². The lowest BCUT2D eigenvalue weighted by Gasteiger charge is -2.25. The van der Waals surface area contributed by atoms with Crippen LogP contribution in [0.4, 0.5) is 5.00 Å². The number of esters is 1. The molecule has 1 aliphatic rings. The molecule has 0 aromatic carbocycles. The Balaban J connectivity index is 2.38. The minimum Gasteiger partial charge on any atom is -0.462 e. The molecule has 2 heterocycles. The second-order valence-corrected chi connectivity index (χ2v) is 5.83. The summed E-state index contributed by atoms with van der Waals surface area (Å²) in [5.74, 6) is -0.500. The van der Waals surface area contributed by atoms with E-state index in [1.54, 1.807) is 6.92 Å². The van der Waals surface area contributed by atoms with Gasteiger partial charge in [0, 0.05) is 24.9 Å². The molecule has 20 heavy (non-hydrogen) atoms. The number of hydrogen-bond acceptors (Lipinski definition) is 5. The predicted octanol–water partition coefficient (Wildman–Crippen LogP) is 2.26. The number of likely N-dealkylation sites (N-methyl/N-ethyl adjacent to an activating group) is 1. The first kappa shape index (κ1) is 15.0. The summed E-state index contributed by atoms with van der Waals surface area (Å²) in [7, 11) is 0. The number of rotatable bonds is 4. The van der Waals surface area contributed by atoms with Gasteiger partial charge in [0.25, 0.3) is 0 Å². The highest BCUT2D eigenvalue weighted by atomic mass is 32.1. The number of carbonyl (C=O) groups is 2. The fourth-order valence-corrected chi connectivity index (χ4v) is 3.72. The van der Waals surface area contributed by atoms with Crippen LogP contribution in [0.1, 0.15) is 41.6 Å². The Morgan fingerprint density at radius 1 is 1.40 bits per heavy atom. The predicted molar refractivity (Wildman–Crippen MR) is 79.2 cm³/mol. The van der Waals surface area contributed by atoms with E-state index in [1.165, 1.54) is 18.3 Å². The van der Waals surface area contributed by atoms with Crippen molar-refractivity contribution in [3.8, 4) is 0 Å². The number of hydrogen-bond donors (Lipinski definition) is 1. The van der Waals surface area contributed by atoms with Crippen LogP contribution in [0.5, 0.6) is 0 Å². The van der Waals surface area contributed by atoms with Crippen molar-refractivity contribution in [3.05, 3.63) is 16.0 Å². The third kappa shape index (κ3) is 3.02. The van der Waals surface area contributed by atoms with E-state index in [0.29, 0.717) is 17.2 Å². The van der Waals surface area contributed by atoms with E-state index in [-0.39, 0.29) is 11.9 Å². The molecule has 5 nitrogen and oxygen atoms in total. The fourth-order valence-electron chi connectivity index (χ4n) is 2.39. The molecule has 0 spiro atoms. The van der Waals surface area contributed by atoms with Gasteiger partial charge in [-0.05, 0) is 25.5 Å². The maximum atomic E-state index is 12.2. The Labute approximate surface area is 122 Å². The standard InChI is InChI=1S/C14H20N2O3S/c1-4-16-7-6-10-11(8-16)20-13(15-9(3)17)12(10)14(18)19-5-2/h4-8H2,1-3H3,(H,15,17). The number of carbonyl (C=O) groups excluding carboxylic acids is 2. The lowest BCUT2D eigenvalue weighted by molar-refractivity contribution is -0.114. The third-order valence-corrected chi connectivity index (χ3v) is 4.48. The van der Waals surface area contributed by atoms with Crippen LogP contribution < -0.4 is 5.32 Å². The highest BCUT2D eigenvalue weighted by Crippen LogP contribution is 2.37. The zero-order chi connectivity index (χ0) is 14.7. The summed E-state index contributed by atoms with van der Waals surface area (Å²) in [6, 6.07) is 0. The number of nitrogens with zero attached hydrogens (tertiary/aromatic N) is 1. The molecule has 1 aromatic rings. The average Bonchev–Trinajstić information content (AvgIpc) is 2.74. The van der Waals surface area contributed by atoms with Gasteiger partial charge in [-0.2, -0.15) is 0 Å². The first-order chi connectivity index (χ1) is 9.56. The summed E-state index contributed by atoms with van der Waals surface area (Å²) < 4.78 is 5.13. The Bertz CT molecular complexity index is 525. The first-order valence-electron chi connectivity index (χ1n) is 6.88. The van der Waals surface area contributed by atoms with Gasteiger partial charge in [0.05, 0.1) is 12.2 Å². The van der Waals surface area contributed by atoms with Gasteiger partial charge < -0.3 is 10.1 Å². The number of ether oxygens (including phenoxy) is 1. The summed E-state index contributed by atoms with van der Waals surface area (Å²) in [5.41, 5.74) is 1.60. The van der Waals surface area contributed by atoms with Crippen LogP contribution >= 0.6 is 11.3 Å². The van der Waals surface area contributed by atoms with Crippen LogP contribution in [0.25, 0.3) is 0 Å². The summed E-state index contributed by atoms with van der Waals surface area (Å²) in [5, 5.41) is 3.39. The quantitative estimate of drug-likeness (QED) is 0.866. The maximum absolute atomic E-state index is 12.2. The van der Waals surface area contributed by atoms with Gasteiger partial charge in [-0.1, -0.05) is 6.92 Å². The van der Waals surface area contributed by atoms with E-state index in [2.05, 4.69) is 17.1 Å². The molecule has 1 amide bonds. The zero-order valence-corrected chi connectivity index (χ0v) is 12.9. The van der Waals surface area contributed by atoms with Gasteiger partial charge in [0.1, 0.15) is 5.00 Å². The number of amides is 1. The van der Waals surface area contributed by atoms with Gasteiger partial charge in [-0.3, -0.25) is 9.69 Å². The van der Waals surface area contributed by atoms with Crippen LogP contribution in [0.15, 0.2) is 0 Å². The molecule has 110 valence electrons. The summed E-state index contributed by atoms with van der Waals surface area (Å²) >= 11 is 1.49. The second-order valence-electron chi connectivity index (χ2n) is 4.73. The molecule has 1 N–H and O–H groups in total. The van der Waals surface area contributed by atoms with E-state index in [1.807, 2.05) is 0 Å². The Hall–Kier alpha value is -1.40. The lowest BCUT2D eigenvalue weighted by atomic mass is 10.0. The van der Waals surface area contributed by atoms with Gasteiger partial charge in [-0.25, -0.2) is 4.79 Å². The van der Waals surface area contributed by atoms with Crippen molar-refractivity contribution in [2.75, 3.05) is 25.0 Å². The van der Waals surface area contributed by atoms with Crippen LogP contribution in [0.3, 0.4) is 0 Å². The minimum absolute atomic E-state index is 0.165. The Morgan fingerprint density at radius 3 is 2.75 bits per heavy atom. The third-order valence-electron chi connectivity index (χ3n) is 3.35. The Kier molecular flexibility index (Phi) is 4.77. The SMILES string of the molecule is CCOC(=O)c1c(NC(C)=O)sc2c1CCN(CC)C2. The largest absolute Gasteiger partial charge is 0.462 e. The van der Waals surface area contributed by atoms with Gasteiger partial charge in [0.15, 0.2) is 0 Å². The molecule has 0 fully saturated rings. The molecular formula is C14H20N2O3S. The molecule has 6 heteroatoms. The normalized spacial score (nSPS) is 14.8. The molecule has 0 unspecified atom stereocenters. The van der Waals surface area contributed by atoms with E-state index in [0.717, 1.165) is 36.5 Å². The summed E-state index contributed by atoms with van der Waals surface area (Å²) in [4.78, 5) is 26.9. The smallest absolute Gasteiger partial charge is 0.341 e. The molecular weight excluding hydrogens is 276 g/mol. The van der Waals surface area contributed by atoms with E-state index < -0.39 is 0 Å². The molecule has 0 saturated heterocycles. The van der Waals surface area contributed by atoms with Crippen LogP contribution in [-0.2, 0) is 22.5 Å². The number of thiophene rings is 1. The lowest BCUT2D eigenvalue weighted by Crippen LogP contribution is -2.30. The Morgan fingerprint density at radius 2 is 2.15 bits per heavy atom. The highest BCUT2D eigenvalue weighted by molar-refractivity contribution is 7.17. The van der Waals surface area contributed by atoms with Crippen molar-refractivity contribution in [1.29, 1.82) is 0 Å². The van der Waals surface area contributed by atoms with Crippen molar-refractivity contribution in [1.82, 2.24) is 4.90 Å². The summed E-state index contributed by atoms with van der Waals surface area (Å²) in [6.07, 6.45) is 0.827. The number of nitrogens with one attached hydrogen (secondary N) is 1. The monoisotopic (exact) mass is 296 g/mol. The van der Waals surface area contributed by atoms with Gasteiger partial charge in [-0.15, -0.1) is 11.3 Å². The van der Waals surface area contributed by atoms with Gasteiger partial charge in [0.2, 0.25) is 5.91 Å². The first-order valence-corrected chi connectivity index (χ1v) is 7.70. The molecule has 0 saturated carbocycles. The van der Waals surface area contributed by atoms with E-state index >= 15 is 0 Å².